The smallest absolute Gasteiger partial charge is 0.283 e. The Hall–Kier alpha value is -2.67. The largest absolute Gasteiger partial charge is 0.490 e. The molecule has 142 valence electrons. The lowest BCUT2D eigenvalue weighted by Gasteiger charge is -2.42. The van der Waals surface area contributed by atoms with Crippen molar-refractivity contribution < 1.29 is 19.0 Å². The first-order valence-corrected chi connectivity index (χ1v) is 9.06. The lowest BCUT2D eigenvalue weighted by Crippen LogP contribution is -2.46. The summed E-state index contributed by atoms with van der Waals surface area (Å²) in [5.74, 6) is 0.139. The molecule has 6 nitrogen and oxygen atoms in total. The molecule has 1 spiro atoms. The Labute approximate surface area is 156 Å². The Balaban J connectivity index is 1.82. The molecule has 0 amide bonds. The van der Waals surface area contributed by atoms with Gasteiger partial charge in [-0.15, -0.1) is 0 Å². The van der Waals surface area contributed by atoms with E-state index in [1.165, 1.54) is 6.20 Å². The van der Waals surface area contributed by atoms with Crippen LogP contribution in [0.4, 0.5) is 4.39 Å². The van der Waals surface area contributed by atoms with Crippen molar-refractivity contribution in [1.29, 1.82) is 0 Å². The van der Waals surface area contributed by atoms with Gasteiger partial charge in [0.25, 0.3) is 6.02 Å². The van der Waals surface area contributed by atoms with Gasteiger partial charge in [-0.3, -0.25) is 0 Å². The molecule has 7 heteroatoms. The summed E-state index contributed by atoms with van der Waals surface area (Å²) in [6.45, 7) is 2.46. The number of ether oxygens (including phenoxy) is 2. The van der Waals surface area contributed by atoms with Gasteiger partial charge < -0.3 is 20.3 Å². The Morgan fingerprint density at radius 1 is 1.37 bits per heavy atom. The summed E-state index contributed by atoms with van der Waals surface area (Å²) >= 11 is 0. The van der Waals surface area contributed by atoms with Gasteiger partial charge in [0, 0.05) is 29.8 Å². The Morgan fingerprint density at radius 2 is 2.22 bits per heavy atom. The van der Waals surface area contributed by atoms with E-state index in [0.29, 0.717) is 36.3 Å². The molecule has 0 bridgehead atoms. The first kappa shape index (κ1) is 17.7. The van der Waals surface area contributed by atoms with Crippen molar-refractivity contribution in [3.05, 3.63) is 48.0 Å². The van der Waals surface area contributed by atoms with Crippen LogP contribution in [0, 0.1) is 11.9 Å². The summed E-state index contributed by atoms with van der Waals surface area (Å²) < 4.78 is 25.9. The zero-order chi connectivity index (χ0) is 19.0. The summed E-state index contributed by atoms with van der Waals surface area (Å²) in [5, 5.41) is 9.20. The molecule has 3 heterocycles. The Morgan fingerprint density at radius 3 is 2.93 bits per heavy atom. The summed E-state index contributed by atoms with van der Waals surface area (Å²) in [7, 11) is 0. The average Bonchev–Trinajstić information content (AvgIpc) is 3.07. The van der Waals surface area contributed by atoms with E-state index in [1.54, 1.807) is 12.1 Å². The number of amidine groups is 1. The fourth-order valence-corrected chi connectivity index (χ4v) is 3.98. The molecule has 3 atom stereocenters. The molecule has 2 aliphatic rings. The van der Waals surface area contributed by atoms with Gasteiger partial charge in [-0.05, 0) is 42.7 Å². The normalized spacial score (nSPS) is 26.3. The van der Waals surface area contributed by atoms with Gasteiger partial charge in [0.1, 0.15) is 24.0 Å². The van der Waals surface area contributed by atoms with E-state index in [9.17, 15) is 9.50 Å². The van der Waals surface area contributed by atoms with Crippen LogP contribution in [0.25, 0.3) is 11.1 Å². The third kappa shape index (κ3) is 2.92. The Kier molecular flexibility index (Phi) is 4.47. The second-order valence-electron chi connectivity index (χ2n) is 7.03. The molecule has 0 radical (unpaired) electrons. The number of nitrogens with two attached hydrogens (primary N) is 1. The highest BCUT2D eigenvalue weighted by Crippen LogP contribution is 2.49. The highest BCUT2D eigenvalue weighted by atomic mass is 19.1. The summed E-state index contributed by atoms with van der Waals surface area (Å²) in [5.41, 5.74) is 7.11. The van der Waals surface area contributed by atoms with E-state index in [-0.39, 0.29) is 24.7 Å². The predicted octanol–water partition coefficient (Wildman–Crippen LogP) is 2.60. The third-order valence-corrected chi connectivity index (χ3v) is 5.50. The summed E-state index contributed by atoms with van der Waals surface area (Å²) in [4.78, 5) is 8.37. The van der Waals surface area contributed by atoms with Crippen LogP contribution >= 0.6 is 0 Å². The molecule has 0 saturated heterocycles. The molecule has 2 aromatic rings. The molecule has 0 saturated carbocycles. The molecule has 4 rings (SSSR count). The van der Waals surface area contributed by atoms with E-state index >= 15 is 0 Å². The minimum atomic E-state index is -0.688. The van der Waals surface area contributed by atoms with Crippen molar-refractivity contribution in [2.45, 2.75) is 31.4 Å². The number of hydrogen-bond donors (Lipinski definition) is 2. The highest BCUT2D eigenvalue weighted by Gasteiger charge is 2.51. The van der Waals surface area contributed by atoms with Crippen molar-refractivity contribution in [2.75, 3.05) is 13.2 Å². The molecule has 2 aliphatic heterocycles. The first-order chi connectivity index (χ1) is 13.0. The molecule has 27 heavy (non-hydrogen) atoms. The van der Waals surface area contributed by atoms with E-state index in [0.717, 1.165) is 5.56 Å². The summed E-state index contributed by atoms with van der Waals surface area (Å²) in [6.07, 6.45) is 2.64. The van der Waals surface area contributed by atoms with Gasteiger partial charge in [-0.2, -0.15) is 4.39 Å². The number of pyridine rings is 1. The molecule has 1 aromatic carbocycles. The quantitative estimate of drug-likeness (QED) is 0.807. The van der Waals surface area contributed by atoms with Crippen LogP contribution in [0.2, 0.25) is 0 Å². The minimum Gasteiger partial charge on any atom is -0.490 e. The third-order valence-electron chi connectivity index (χ3n) is 5.50. The Bertz CT molecular complexity index is 889. The maximum atomic E-state index is 14.2. The van der Waals surface area contributed by atoms with Crippen LogP contribution < -0.4 is 10.5 Å². The molecule has 3 N–H and O–H groups in total. The van der Waals surface area contributed by atoms with Crippen LogP contribution in [0.15, 0.2) is 41.5 Å². The molecule has 2 unspecified atom stereocenters. The first-order valence-electron chi connectivity index (χ1n) is 9.06. The average molecular weight is 371 g/mol. The lowest BCUT2D eigenvalue weighted by molar-refractivity contribution is 0.0367. The van der Waals surface area contributed by atoms with E-state index in [2.05, 4.69) is 9.98 Å². The highest BCUT2D eigenvalue weighted by molar-refractivity contribution is 5.75. The van der Waals surface area contributed by atoms with Crippen LogP contribution in [0.5, 0.6) is 5.75 Å². The number of aliphatic imine (C=N–C) groups is 1. The zero-order valence-corrected chi connectivity index (χ0v) is 15.1. The molecular formula is C20H22FN3O3. The number of halogens is 1. The summed E-state index contributed by atoms with van der Waals surface area (Å²) in [6, 6.07) is 9.08. The predicted molar refractivity (Wildman–Crippen MR) is 98.8 cm³/mol. The fraction of sp³-hybridized carbons (Fsp3) is 0.400. The monoisotopic (exact) mass is 371 g/mol. The van der Waals surface area contributed by atoms with Gasteiger partial charge >= 0.3 is 0 Å². The van der Waals surface area contributed by atoms with E-state index in [1.807, 2.05) is 25.1 Å². The number of aliphatic hydroxyl groups is 1. The van der Waals surface area contributed by atoms with Crippen molar-refractivity contribution in [1.82, 2.24) is 4.98 Å². The standard InChI is InChI=1S/C20H22FN3O3/c1-12-16(5-3-9-25)27-17-7-6-13(14-4-2-8-23-18(14)21)10-15(17)20(12)11-26-19(22)24-20/h2,4,6-8,10,12,16,25H,3,5,9,11H2,1H3,(H2,22,24)/t12?,16-,20?/m0/s1. The maximum Gasteiger partial charge on any atom is 0.283 e. The second kappa shape index (κ2) is 6.81. The van der Waals surface area contributed by atoms with Crippen LogP contribution in [-0.4, -0.2) is 35.4 Å². The number of hydrogen-bond acceptors (Lipinski definition) is 6. The van der Waals surface area contributed by atoms with Gasteiger partial charge in [0.15, 0.2) is 0 Å². The van der Waals surface area contributed by atoms with Gasteiger partial charge in [-0.25, -0.2) is 9.98 Å². The van der Waals surface area contributed by atoms with Gasteiger partial charge in [0.05, 0.1) is 0 Å². The topological polar surface area (TPSA) is 90.0 Å². The minimum absolute atomic E-state index is 0.0217. The number of aliphatic hydroxyl groups excluding tert-OH is 1. The number of fused-ring (bicyclic) bond motifs is 2. The molecular weight excluding hydrogens is 349 g/mol. The molecule has 0 aliphatic carbocycles. The zero-order valence-electron chi connectivity index (χ0n) is 15.1. The van der Waals surface area contributed by atoms with Crippen LogP contribution in [0.3, 0.4) is 0 Å². The van der Waals surface area contributed by atoms with Gasteiger partial charge in [-0.1, -0.05) is 13.0 Å². The SMILES string of the molecule is CC1[C@H](CCCO)Oc2ccc(-c3cccnc3F)cc2C12COC(N)=N2. The van der Waals surface area contributed by atoms with E-state index in [4.69, 9.17) is 15.2 Å². The van der Waals surface area contributed by atoms with Gasteiger partial charge in [0.2, 0.25) is 5.95 Å². The van der Waals surface area contributed by atoms with Crippen molar-refractivity contribution in [3.63, 3.8) is 0 Å². The van der Waals surface area contributed by atoms with Crippen LogP contribution in [0.1, 0.15) is 25.3 Å². The van der Waals surface area contributed by atoms with Crippen molar-refractivity contribution in [2.24, 2.45) is 16.6 Å². The molecule has 0 fully saturated rings. The number of nitrogens with zero attached hydrogens (tertiary/aromatic N) is 2. The maximum absolute atomic E-state index is 14.2. The number of benzene rings is 1. The fourth-order valence-electron chi connectivity index (χ4n) is 3.98. The van der Waals surface area contributed by atoms with E-state index < -0.39 is 11.5 Å². The second-order valence-corrected chi connectivity index (χ2v) is 7.03. The van der Waals surface area contributed by atoms with Crippen LogP contribution in [-0.2, 0) is 10.3 Å². The van der Waals surface area contributed by atoms with Crippen molar-refractivity contribution in [3.8, 4) is 16.9 Å². The molecule has 1 aromatic heterocycles. The van der Waals surface area contributed by atoms with Crippen molar-refractivity contribution >= 4 is 6.02 Å². The number of rotatable bonds is 4. The number of aromatic nitrogens is 1. The lowest BCUT2D eigenvalue weighted by atomic mass is 9.73.